The van der Waals surface area contributed by atoms with Gasteiger partial charge in [0.1, 0.15) is 0 Å². The summed E-state index contributed by atoms with van der Waals surface area (Å²) in [4.78, 5) is 32.5. The molecule has 2 heterocycles. The lowest BCUT2D eigenvalue weighted by Gasteiger charge is -2.29. The van der Waals surface area contributed by atoms with Crippen molar-refractivity contribution in [2.24, 2.45) is 0 Å². The Bertz CT molecular complexity index is 1120. The minimum atomic E-state index is 0.00590. The number of benzene rings is 2. The second kappa shape index (κ2) is 7.09. The van der Waals surface area contributed by atoms with Gasteiger partial charge >= 0.3 is 0 Å². The quantitative estimate of drug-likeness (QED) is 0.501. The zero-order chi connectivity index (χ0) is 19.1. The minimum Gasteiger partial charge on any atom is -0.311 e. The van der Waals surface area contributed by atoms with E-state index in [1.807, 2.05) is 47.4 Å². The first-order valence-electron chi connectivity index (χ1n) is 9.75. The molecule has 1 aliphatic carbocycles. The molecule has 3 aromatic rings. The van der Waals surface area contributed by atoms with E-state index in [-0.39, 0.29) is 23.3 Å². The zero-order valence-corrected chi connectivity index (χ0v) is 16.3. The molecule has 1 aromatic heterocycles. The van der Waals surface area contributed by atoms with Crippen LogP contribution in [0.25, 0.3) is 10.9 Å². The second-order valence-corrected chi connectivity index (χ2v) is 8.33. The molecule has 0 unspecified atom stereocenters. The number of fused-ring (bicyclic) bond motifs is 2. The lowest BCUT2D eigenvalue weighted by Crippen LogP contribution is -2.36. The van der Waals surface area contributed by atoms with Crippen LogP contribution in [0.3, 0.4) is 0 Å². The number of aromatic nitrogens is 2. The fourth-order valence-corrected chi connectivity index (χ4v) is 4.82. The van der Waals surface area contributed by atoms with Gasteiger partial charge < -0.3 is 4.90 Å². The van der Waals surface area contributed by atoms with Gasteiger partial charge in [-0.25, -0.2) is 4.98 Å². The molecule has 0 atom stereocenters. The van der Waals surface area contributed by atoms with E-state index in [9.17, 15) is 9.59 Å². The van der Waals surface area contributed by atoms with E-state index in [1.165, 1.54) is 17.3 Å². The Morgan fingerprint density at radius 2 is 1.89 bits per heavy atom. The number of anilines is 1. The van der Waals surface area contributed by atoms with Crippen molar-refractivity contribution in [2.45, 2.75) is 36.9 Å². The molecular weight excluding hydrogens is 370 g/mol. The number of thioether (sulfide) groups is 1. The number of amides is 1. The number of hydrogen-bond acceptors (Lipinski definition) is 4. The van der Waals surface area contributed by atoms with Gasteiger partial charge in [-0.05, 0) is 49.4 Å². The Morgan fingerprint density at radius 1 is 1.11 bits per heavy atom. The molecule has 2 aromatic carbocycles. The standard InChI is InChI=1S/C22H21N3O2S/c26-20(24-13-5-7-15-6-1-4-10-19(15)24)14-28-22-23-18-9-3-2-8-17(18)21(27)25(22)16-11-12-16/h1-4,6,8-10,16H,5,7,11-14H2. The van der Waals surface area contributed by atoms with Gasteiger partial charge in [0.25, 0.3) is 5.56 Å². The number of para-hydroxylation sites is 2. The maximum absolute atomic E-state index is 13.0. The third kappa shape index (κ3) is 3.11. The van der Waals surface area contributed by atoms with Crippen LogP contribution >= 0.6 is 11.8 Å². The molecule has 6 heteroatoms. The van der Waals surface area contributed by atoms with Crippen molar-refractivity contribution >= 4 is 34.3 Å². The zero-order valence-electron chi connectivity index (χ0n) is 15.5. The fourth-order valence-electron chi connectivity index (χ4n) is 3.88. The van der Waals surface area contributed by atoms with Gasteiger partial charge in [0.05, 0.1) is 16.7 Å². The maximum Gasteiger partial charge on any atom is 0.262 e. The molecule has 1 aliphatic heterocycles. The van der Waals surface area contributed by atoms with Crippen LogP contribution in [0.15, 0.2) is 58.5 Å². The van der Waals surface area contributed by atoms with E-state index >= 15 is 0 Å². The van der Waals surface area contributed by atoms with Gasteiger partial charge in [0.15, 0.2) is 5.16 Å². The van der Waals surface area contributed by atoms with Crippen LogP contribution in [0.4, 0.5) is 5.69 Å². The highest BCUT2D eigenvalue weighted by molar-refractivity contribution is 7.99. The van der Waals surface area contributed by atoms with Crippen LogP contribution in [0.1, 0.15) is 30.9 Å². The molecule has 0 spiro atoms. The van der Waals surface area contributed by atoms with Crippen molar-refractivity contribution in [3.8, 4) is 0 Å². The number of aryl methyl sites for hydroxylation is 1. The predicted molar refractivity (Wildman–Crippen MR) is 112 cm³/mol. The van der Waals surface area contributed by atoms with Gasteiger partial charge in [0.2, 0.25) is 5.91 Å². The first kappa shape index (κ1) is 17.5. The fraction of sp³-hybridized carbons (Fsp3) is 0.318. The van der Waals surface area contributed by atoms with Crippen LogP contribution in [0.5, 0.6) is 0 Å². The van der Waals surface area contributed by atoms with E-state index in [0.29, 0.717) is 16.1 Å². The highest BCUT2D eigenvalue weighted by Gasteiger charge is 2.29. The van der Waals surface area contributed by atoms with Gasteiger partial charge in [0, 0.05) is 18.3 Å². The Balaban J connectivity index is 1.43. The third-order valence-corrected chi connectivity index (χ3v) is 6.36. The lowest BCUT2D eigenvalue weighted by molar-refractivity contribution is -0.116. The Kier molecular flexibility index (Phi) is 4.43. The molecule has 28 heavy (non-hydrogen) atoms. The summed E-state index contributed by atoms with van der Waals surface area (Å²) in [6.07, 6.45) is 4.00. The molecule has 1 fully saturated rings. The Morgan fingerprint density at radius 3 is 2.75 bits per heavy atom. The molecule has 142 valence electrons. The van der Waals surface area contributed by atoms with Crippen molar-refractivity contribution in [3.05, 3.63) is 64.4 Å². The number of hydrogen-bond donors (Lipinski definition) is 0. The molecule has 0 radical (unpaired) electrons. The van der Waals surface area contributed by atoms with Crippen molar-refractivity contribution in [1.29, 1.82) is 0 Å². The van der Waals surface area contributed by atoms with Crippen LogP contribution in [0.2, 0.25) is 0 Å². The summed E-state index contributed by atoms with van der Waals surface area (Å²) < 4.78 is 1.80. The number of carbonyl (C=O) groups is 1. The summed E-state index contributed by atoms with van der Waals surface area (Å²) in [5, 5.41) is 1.31. The van der Waals surface area contributed by atoms with Crippen LogP contribution in [-0.4, -0.2) is 27.8 Å². The molecule has 5 rings (SSSR count). The monoisotopic (exact) mass is 391 g/mol. The lowest BCUT2D eigenvalue weighted by atomic mass is 10.0. The minimum absolute atomic E-state index is 0.00590. The van der Waals surface area contributed by atoms with E-state index < -0.39 is 0 Å². The normalized spacial score (nSPS) is 16.2. The summed E-state index contributed by atoms with van der Waals surface area (Å²) in [6, 6.07) is 15.8. The van der Waals surface area contributed by atoms with Crippen molar-refractivity contribution in [1.82, 2.24) is 9.55 Å². The molecular formula is C22H21N3O2S. The molecule has 0 N–H and O–H groups in total. The molecule has 0 bridgehead atoms. The number of carbonyl (C=O) groups excluding carboxylic acids is 1. The smallest absolute Gasteiger partial charge is 0.262 e. The van der Waals surface area contributed by atoms with E-state index in [1.54, 1.807) is 4.57 Å². The Labute approximate surface area is 167 Å². The average Bonchev–Trinajstić information content (AvgIpc) is 3.56. The SMILES string of the molecule is O=C(CSc1nc2ccccc2c(=O)n1C1CC1)N1CCCc2ccccc21. The first-order valence-corrected chi connectivity index (χ1v) is 10.7. The summed E-state index contributed by atoms with van der Waals surface area (Å²) >= 11 is 1.38. The van der Waals surface area contributed by atoms with Crippen LogP contribution in [0, 0.1) is 0 Å². The van der Waals surface area contributed by atoms with Crippen LogP contribution < -0.4 is 10.5 Å². The molecule has 1 saturated carbocycles. The van der Waals surface area contributed by atoms with E-state index in [4.69, 9.17) is 4.98 Å². The summed E-state index contributed by atoms with van der Waals surface area (Å²) in [7, 11) is 0. The number of nitrogens with zero attached hydrogens (tertiary/aromatic N) is 3. The Hall–Kier alpha value is -2.60. The second-order valence-electron chi connectivity index (χ2n) is 7.38. The molecule has 0 saturated heterocycles. The van der Waals surface area contributed by atoms with Gasteiger partial charge in [-0.2, -0.15) is 0 Å². The molecule has 5 nitrogen and oxygen atoms in total. The van der Waals surface area contributed by atoms with Gasteiger partial charge in [-0.3, -0.25) is 14.2 Å². The average molecular weight is 391 g/mol. The summed E-state index contributed by atoms with van der Waals surface area (Å²) in [5.41, 5.74) is 2.95. The van der Waals surface area contributed by atoms with Crippen molar-refractivity contribution in [3.63, 3.8) is 0 Å². The van der Waals surface area contributed by atoms with Gasteiger partial charge in [-0.15, -0.1) is 0 Å². The predicted octanol–water partition coefficient (Wildman–Crippen LogP) is 3.80. The van der Waals surface area contributed by atoms with Crippen molar-refractivity contribution in [2.75, 3.05) is 17.2 Å². The van der Waals surface area contributed by atoms with Crippen LogP contribution in [-0.2, 0) is 11.2 Å². The number of rotatable bonds is 4. The molecule has 1 amide bonds. The summed E-state index contributed by atoms with van der Waals surface area (Å²) in [6.45, 7) is 0.747. The van der Waals surface area contributed by atoms with E-state index in [0.717, 1.165) is 37.9 Å². The third-order valence-electron chi connectivity index (χ3n) is 5.42. The topological polar surface area (TPSA) is 55.2 Å². The van der Waals surface area contributed by atoms with E-state index in [2.05, 4.69) is 6.07 Å². The maximum atomic E-state index is 13.0. The highest BCUT2D eigenvalue weighted by Crippen LogP contribution is 2.37. The van der Waals surface area contributed by atoms with Crippen molar-refractivity contribution < 1.29 is 4.79 Å². The first-order chi connectivity index (χ1) is 13.7. The largest absolute Gasteiger partial charge is 0.311 e. The molecule has 2 aliphatic rings. The summed E-state index contributed by atoms with van der Waals surface area (Å²) in [5.74, 6) is 0.355. The highest BCUT2D eigenvalue weighted by atomic mass is 32.2. The van der Waals surface area contributed by atoms with Gasteiger partial charge in [-0.1, -0.05) is 42.1 Å².